The summed E-state index contributed by atoms with van der Waals surface area (Å²) < 4.78 is 89.5. The number of esters is 1. The first-order valence-electron chi connectivity index (χ1n) is 18.3. The molecule has 0 aromatic heterocycles. The third-order valence-electron chi connectivity index (χ3n) is 10.0. The summed E-state index contributed by atoms with van der Waals surface area (Å²) in [4.78, 5) is 33.7. The van der Waals surface area contributed by atoms with Crippen LogP contribution in [0.2, 0.25) is 0 Å². The van der Waals surface area contributed by atoms with Crippen LogP contribution in [0.4, 0.5) is 5.69 Å². The Bertz CT molecular complexity index is 2470. The molecule has 16 nitrogen and oxygen atoms in total. The summed E-state index contributed by atoms with van der Waals surface area (Å²) >= 11 is 3.56. The van der Waals surface area contributed by atoms with Crippen LogP contribution in [0.5, 0.6) is 0 Å². The van der Waals surface area contributed by atoms with Gasteiger partial charge in [-0.05, 0) is 100 Å². The summed E-state index contributed by atoms with van der Waals surface area (Å²) in [6, 6.07) is 10.8. The van der Waals surface area contributed by atoms with Crippen LogP contribution in [0.15, 0.2) is 51.8 Å². The molecule has 2 fully saturated rings. The van der Waals surface area contributed by atoms with E-state index in [9.17, 15) is 35.5 Å². The smallest absolute Gasteiger partial charge is 0.309 e. The first kappa shape index (κ1) is 42.5. The maximum atomic E-state index is 14.5. The van der Waals surface area contributed by atoms with Crippen LogP contribution in [-0.2, 0) is 44.0 Å². The summed E-state index contributed by atoms with van der Waals surface area (Å²) in [5.41, 5.74) is 2.93. The number of ether oxygens (including phenoxy) is 1. The van der Waals surface area contributed by atoms with E-state index in [4.69, 9.17) is 14.0 Å². The number of amides is 1. The molecule has 0 radical (unpaired) electrons. The zero-order valence-corrected chi connectivity index (χ0v) is 34.6. The number of nitrogens with one attached hydrogen (secondary N) is 1. The minimum Gasteiger partial charge on any atom is -0.748 e. The molecule has 6 rings (SSSR count). The number of nitrogens with zero attached hydrogens (tertiary/aromatic N) is 2. The molecule has 4 aliphatic rings. The predicted molar refractivity (Wildman–Crippen MR) is 209 cm³/mol. The van der Waals surface area contributed by atoms with Crippen LogP contribution in [0.3, 0.4) is 0 Å². The van der Waals surface area contributed by atoms with Crippen LogP contribution in [0.1, 0.15) is 67.9 Å². The SMILES string of the molecule is Cc1cc2c(-c3cc(S(=O)(=O)[O-])ccc3C(=O)N3CCC(C(=O)OC(C)(C)C)CC3)c3cc(C)/c(=[N+]4/CCC4OOOS)cc-3oc2cc1NCCCS(=O)(=O)[O-]. The van der Waals surface area contributed by atoms with Crippen molar-refractivity contribution in [1.29, 1.82) is 0 Å². The zero-order valence-electron chi connectivity index (χ0n) is 32.0. The van der Waals surface area contributed by atoms with Gasteiger partial charge >= 0.3 is 5.97 Å². The van der Waals surface area contributed by atoms with Crippen molar-refractivity contribution in [3.63, 3.8) is 0 Å². The Morgan fingerprint density at radius 3 is 2.32 bits per heavy atom. The van der Waals surface area contributed by atoms with Crippen molar-refractivity contribution in [3.8, 4) is 22.5 Å². The summed E-state index contributed by atoms with van der Waals surface area (Å²) in [7, 11) is -9.39. The van der Waals surface area contributed by atoms with Gasteiger partial charge in [0.25, 0.3) is 12.1 Å². The molecule has 2 saturated heterocycles. The minimum absolute atomic E-state index is 0.0596. The van der Waals surface area contributed by atoms with E-state index in [0.717, 1.165) is 17.0 Å². The van der Waals surface area contributed by atoms with Gasteiger partial charge in [0.15, 0.2) is 6.54 Å². The molecule has 0 bridgehead atoms. The lowest BCUT2D eigenvalue weighted by atomic mass is 9.88. The van der Waals surface area contributed by atoms with Crippen LogP contribution in [-0.4, -0.2) is 86.5 Å². The number of aryl methyl sites for hydroxylation is 2. The lowest BCUT2D eigenvalue weighted by Gasteiger charge is -2.33. The Morgan fingerprint density at radius 2 is 1.70 bits per heavy atom. The Morgan fingerprint density at radius 1 is 0.982 bits per heavy atom. The second kappa shape index (κ2) is 16.6. The second-order valence-corrected chi connectivity index (χ2v) is 18.3. The van der Waals surface area contributed by atoms with Crippen LogP contribution < -0.4 is 15.2 Å². The maximum absolute atomic E-state index is 14.5. The Hall–Kier alpha value is -4.08. The molecule has 0 saturated carbocycles. The van der Waals surface area contributed by atoms with Gasteiger partial charge < -0.3 is 28.5 Å². The number of hydrogen-bond acceptors (Lipinski definition) is 15. The third kappa shape index (κ3) is 9.80. The van der Waals surface area contributed by atoms with Crippen molar-refractivity contribution >= 4 is 61.7 Å². The van der Waals surface area contributed by atoms with Gasteiger partial charge in [0.1, 0.15) is 27.1 Å². The second-order valence-electron chi connectivity index (χ2n) is 15.3. The highest BCUT2D eigenvalue weighted by Crippen LogP contribution is 2.44. The Labute approximate surface area is 336 Å². The van der Waals surface area contributed by atoms with E-state index in [1.54, 1.807) is 50.8 Å². The number of likely N-dealkylation sites (tertiary alicyclic amines) is 1. The Kier molecular flexibility index (Phi) is 12.4. The molecule has 1 aliphatic carbocycles. The van der Waals surface area contributed by atoms with E-state index in [1.807, 2.05) is 17.6 Å². The van der Waals surface area contributed by atoms with E-state index < -0.39 is 54.5 Å². The van der Waals surface area contributed by atoms with Gasteiger partial charge in [0.2, 0.25) is 5.36 Å². The van der Waals surface area contributed by atoms with Gasteiger partial charge in [-0.3, -0.25) is 9.59 Å². The number of benzene rings is 3. The van der Waals surface area contributed by atoms with E-state index >= 15 is 0 Å². The van der Waals surface area contributed by atoms with E-state index in [1.165, 1.54) is 12.1 Å². The van der Waals surface area contributed by atoms with Crippen molar-refractivity contribution in [2.24, 2.45) is 5.92 Å². The maximum Gasteiger partial charge on any atom is 0.309 e. The lowest BCUT2D eigenvalue weighted by molar-refractivity contribution is -0.488. The molecule has 1 amide bonds. The summed E-state index contributed by atoms with van der Waals surface area (Å²) in [5, 5.41) is 8.97. The number of fused-ring (bicyclic) bond motifs is 2. The van der Waals surface area contributed by atoms with Gasteiger partial charge in [-0.1, -0.05) is 0 Å². The average Bonchev–Trinajstić information content (AvgIpc) is 3.11. The minimum atomic E-state index is -4.99. The van der Waals surface area contributed by atoms with E-state index in [2.05, 4.69) is 27.6 Å². The van der Waals surface area contributed by atoms with Crippen molar-refractivity contribution in [3.05, 3.63) is 64.5 Å². The quantitative estimate of drug-likeness (QED) is 0.0231. The van der Waals surface area contributed by atoms with Gasteiger partial charge in [0.05, 0.1) is 33.4 Å². The number of carbonyl (C=O) groups is 2. The first-order valence-corrected chi connectivity index (χ1v) is 21.6. The number of piperidine rings is 1. The molecule has 19 heteroatoms. The monoisotopic (exact) mass is 846 g/mol. The van der Waals surface area contributed by atoms with Gasteiger partial charge in [0, 0.05) is 77.7 Å². The van der Waals surface area contributed by atoms with Crippen molar-refractivity contribution in [1.82, 2.24) is 9.48 Å². The molecular weight excluding hydrogens is 803 g/mol. The topological polar surface area (TPSA) is 217 Å². The van der Waals surface area contributed by atoms with Crippen molar-refractivity contribution in [2.45, 2.75) is 77.0 Å². The number of hydrogen-bond donors (Lipinski definition) is 2. The Balaban J connectivity index is 1.52. The summed E-state index contributed by atoms with van der Waals surface area (Å²) in [6.45, 7) is 10.3. The molecule has 2 aromatic rings. The molecule has 3 heterocycles. The standard InChI is InChI=1S/C38H45N3O13S3/c1-22-17-28-32(20-30(22)39-12-6-16-56(44,45)46)50-33-21-31(41-15-11-34(41)52-53-54-55)23(2)18-29(33)35(28)27-19-25(57(47,48)49)7-8-26(27)36(42)40-13-9-24(10-14-40)37(43)51-38(3,4)5/h7-8,17-21,24,34H,6,9-16H2,1-5H3,(H3,44,45,46,47,48,49,55)/p-1. The van der Waals surface area contributed by atoms with Crippen LogP contribution >= 0.6 is 12.9 Å². The van der Waals surface area contributed by atoms with E-state index in [0.29, 0.717) is 64.9 Å². The number of thiol groups is 1. The number of anilines is 1. The molecule has 308 valence electrons. The normalized spacial score (nSPS) is 17.8. The fraction of sp³-hybridized carbons (Fsp3) is 0.447. The third-order valence-corrected chi connectivity index (χ3v) is 11.7. The fourth-order valence-electron chi connectivity index (χ4n) is 7.20. The molecule has 0 spiro atoms. The first-order chi connectivity index (χ1) is 26.7. The van der Waals surface area contributed by atoms with Gasteiger partial charge in [-0.25, -0.2) is 16.8 Å². The fourth-order valence-corrected chi connectivity index (χ4v) is 8.23. The largest absolute Gasteiger partial charge is 0.748 e. The molecule has 57 heavy (non-hydrogen) atoms. The number of rotatable bonds is 12. The highest BCUT2D eigenvalue weighted by atomic mass is 32.2. The molecule has 1 atom stereocenters. The molecule has 1 unspecified atom stereocenters. The van der Waals surface area contributed by atoms with Crippen LogP contribution in [0, 0.1) is 19.8 Å². The molecule has 3 aliphatic heterocycles. The van der Waals surface area contributed by atoms with Crippen molar-refractivity contribution in [2.75, 3.05) is 37.2 Å². The highest BCUT2D eigenvalue weighted by molar-refractivity contribution is 7.86. The summed E-state index contributed by atoms with van der Waals surface area (Å²) in [6.07, 6.45) is 0.900. The summed E-state index contributed by atoms with van der Waals surface area (Å²) in [5.74, 6) is -1.36. The van der Waals surface area contributed by atoms with Gasteiger partial charge in [-0.2, -0.15) is 4.58 Å². The molecule has 2 aromatic carbocycles. The van der Waals surface area contributed by atoms with Crippen LogP contribution in [0.25, 0.3) is 33.4 Å². The predicted octanol–water partition coefficient (Wildman–Crippen LogP) is 4.49. The highest BCUT2D eigenvalue weighted by Gasteiger charge is 2.37. The molecule has 1 N–H and O–H groups in total. The average molecular weight is 847 g/mol. The lowest BCUT2D eigenvalue weighted by Crippen LogP contribution is -2.52. The molecular formula is C38H44N3O13S3-. The number of carbonyl (C=O) groups excluding carboxylic acids is 2. The van der Waals surface area contributed by atoms with Crippen molar-refractivity contribution < 1.29 is 58.9 Å². The van der Waals surface area contributed by atoms with E-state index in [-0.39, 0.29) is 43.2 Å². The van der Waals surface area contributed by atoms with Gasteiger partial charge in [-0.15, -0.1) is 9.22 Å². The zero-order chi connectivity index (χ0) is 41.4.